The molecule has 2 unspecified atom stereocenters. The number of hydrogen-bond acceptors (Lipinski definition) is 8. The Morgan fingerprint density at radius 1 is 1.17 bits per heavy atom. The minimum atomic E-state index is -4.72. The molecule has 3 N–H and O–H groups in total. The van der Waals surface area contributed by atoms with Gasteiger partial charge in [-0.3, -0.25) is 9.10 Å². The predicted molar refractivity (Wildman–Crippen MR) is 158 cm³/mol. The van der Waals surface area contributed by atoms with Crippen LogP contribution >= 0.6 is 0 Å². The first-order valence-corrected chi connectivity index (χ1v) is 14.5. The molecule has 0 saturated heterocycles. The fourth-order valence-corrected chi connectivity index (χ4v) is 4.42. The number of hydrogen-bond donors (Lipinski definition) is 3. The molecule has 0 fully saturated rings. The molecule has 1 aromatic heterocycles. The summed E-state index contributed by atoms with van der Waals surface area (Å²) in [5, 5.41) is 8.44. The maximum Gasteiger partial charge on any atom is 0.421 e. The topological polar surface area (TPSA) is 118 Å². The third-order valence-electron chi connectivity index (χ3n) is 6.50. The number of carbonyl (C=O) groups excluding carboxylic acids is 1. The van der Waals surface area contributed by atoms with Crippen LogP contribution in [0.15, 0.2) is 42.6 Å². The minimum absolute atomic E-state index is 0.0220. The number of rotatable bonds is 13. The lowest BCUT2D eigenvalue weighted by Gasteiger charge is -2.21. The molecule has 3 rings (SSSR count). The van der Waals surface area contributed by atoms with Gasteiger partial charge in [-0.25, -0.2) is 9.19 Å². The minimum Gasteiger partial charge on any atom is -0.495 e. The van der Waals surface area contributed by atoms with Crippen molar-refractivity contribution in [2.24, 2.45) is 0 Å². The number of aryl methyl sites for hydroxylation is 1. The zero-order valence-corrected chi connectivity index (χ0v) is 25.1. The van der Waals surface area contributed by atoms with Gasteiger partial charge in [0.05, 0.1) is 24.6 Å². The van der Waals surface area contributed by atoms with Gasteiger partial charge >= 0.3 is 6.18 Å². The Kier molecular flexibility index (Phi) is 11.1. The third-order valence-corrected chi connectivity index (χ3v) is 7.46. The maximum atomic E-state index is 13.8. The molecule has 14 heteroatoms. The Hall–Kier alpha value is -3.91. The molecular formula is C28H35F3N6O4S. The lowest BCUT2D eigenvalue weighted by Crippen LogP contribution is -2.32. The van der Waals surface area contributed by atoms with Crippen molar-refractivity contribution in [3.05, 3.63) is 64.8 Å². The van der Waals surface area contributed by atoms with Gasteiger partial charge in [-0.1, -0.05) is 19.1 Å². The summed E-state index contributed by atoms with van der Waals surface area (Å²) < 4.78 is 65.8. The summed E-state index contributed by atoms with van der Waals surface area (Å²) in [5.41, 5.74) is 1.78. The zero-order chi connectivity index (χ0) is 31.0. The summed E-state index contributed by atoms with van der Waals surface area (Å²) >= 11 is 0. The summed E-state index contributed by atoms with van der Waals surface area (Å²) in [7, 11) is 3.28. The van der Waals surface area contributed by atoms with Gasteiger partial charge in [0.1, 0.15) is 28.1 Å². The molecule has 2 atom stereocenters. The van der Waals surface area contributed by atoms with Crippen LogP contribution in [0.2, 0.25) is 0 Å². The van der Waals surface area contributed by atoms with E-state index in [4.69, 9.17) is 9.47 Å². The highest BCUT2D eigenvalue weighted by molar-refractivity contribution is 7.85. The monoisotopic (exact) mass is 608 g/mol. The van der Waals surface area contributed by atoms with Crippen molar-refractivity contribution in [1.29, 1.82) is 0 Å². The van der Waals surface area contributed by atoms with Crippen LogP contribution in [0.1, 0.15) is 40.4 Å². The molecule has 0 bridgehead atoms. The standard InChI is InChI=1S/C28H35F3N6O4S/c1-7-20(40-4)15-33-26(38)18-10-11-22(24(13-18)41-5)35-27-34-16-21(28(29,30)31)25(36-27)32-14-19-9-8-17(2)12-23(19)37(3)42(6)39/h8-13,16,20H,7,14-15H2,1-6H3,(H,33,38)(H2,32,34,35,36). The van der Waals surface area contributed by atoms with Gasteiger partial charge < -0.3 is 25.4 Å². The van der Waals surface area contributed by atoms with Crippen LogP contribution in [0, 0.1) is 6.92 Å². The number of carbonyl (C=O) groups is 1. The van der Waals surface area contributed by atoms with Crippen LogP contribution in [0.5, 0.6) is 5.75 Å². The summed E-state index contributed by atoms with van der Waals surface area (Å²) in [6.07, 6.45) is -1.90. The fraction of sp³-hybridized carbons (Fsp3) is 0.393. The van der Waals surface area contributed by atoms with E-state index in [0.717, 1.165) is 12.0 Å². The lowest BCUT2D eigenvalue weighted by atomic mass is 10.1. The predicted octanol–water partition coefficient (Wildman–Crippen LogP) is 5.05. The summed E-state index contributed by atoms with van der Waals surface area (Å²) in [6.45, 7) is 4.13. The second kappa shape index (κ2) is 14.3. The summed E-state index contributed by atoms with van der Waals surface area (Å²) in [4.78, 5) is 20.6. The van der Waals surface area contributed by atoms with Crippen LogP contribution in [-0.2, 0) is 28.4 Å². The number of nitrogens with one attached hydrogen (secondary N) is 3. The van der Waals surface area contributed by atoms with Crippen LogP contribution in [0.25, 0.3) is 0 Å². The molecule has 1 amide bonds. The van der Waals surface area contributed by atoms with E-state index in [1.54, 1.807) is 32.4 Å². The molecule has 10 nitrogen and oxygen atoms in total. The molecule has 0 saturated carbocycles. The molecule has 42 heavy (non-hydrogen) atoms. The van der Waals surface area contributed by atoms with Crippen molar-refractivity contribution in [1.82, 2.24) is 15.3 Å². The SMILES string of the molecule is CCC(CNC(=O)c1ccc(Nc2ncc(C(F)(F)F)c(NCc3ccc(C)cc3N(C)S(C)=O)n2)c(OC)c1)OC. The maximum absolute atomic E-state index is 13.8. The smallest absolute Gasteiger partial charge is 0.421 e. The number of halogens is 3. The van der Waals surface area contributed by atoms with E-state index in [1.807, 2.05) is 26.0 Å². The second-order valence-electron chi connectivity index (χ2n) is 9.38. The van der Waals surface area contributed by atoms with Gasteiger partial charge in [0.25, 0.3) is 5.91 Å². The van der Waals surface area contributed by atoms with Crippen LogP contribution in [0.3, 0.4) is 0 Å². The van der Waals surface area contributed by atoms with E-state index in [1.165, 1.54) is 23.7 Å². The zero-order valence-electron chi connectivity index (χ0n) is 24.3. The molecule has 2 aromatic carbocycles. The first-order valence-electron chi connectivity index (χ1n) is 13.0. The number of nitrogens with zero attached hydrogens (tertiary/aromatic N) is 3. The largest absolute Gasteiger partial charge is 0.495 e. The molecule has 0 aliphatic heterocycles. The van der Waals surface area contributed by atoms with Crippen LogP contribution in [-0.4, -0.2) is 60.3 Å². The second-order valence-corrected chi connectivity index (χ2v) is 10.8. The van der Waals surface area contributed by atoms with Gasteiger partial charge in [-0.15, -0.1) is 0 Å². The Balaban J connectivity index is 1.86. The first kappa shape index (κ1) is 32.6. The Labute approximate surface area is 245 Å². The molecular weight excluding hydrogens is 573 g/mol. The van der Waals surface area contributed by atoms with Gasteiger partial charge in [0, 0.05) is 45.3 Å². The molecule has 0 spiro atoms. The number of methoxy groups -OCH3 is 2. The number of benzene rings is 2. The van der Waals surface area contributed by atoms with Crippen molar-refractivity contribution in [2.45, 2.75) is 39.1 Å². The van der Waals surface area contributed by atoms with E-state index < -0.39 is 28.5 Å². The molecule has 0 aliphatic carbocycles. The Bertz CT molecular complexity index is 1420. The van der Waals surface area contributed by atoms with Gasteiger partial charge in [-0.2, -0.15) is 18.2 Å². The fourth-order valence-electron chi connectivity index (χ4n) is 3.98. The number of anilines is 4. The van der Waals surface area contributed by atoms with E-state index in [2.05, 4.69) is 25.9 Å². The van der Waals surface area contributed by atoms with E-state index in [-0.39, 0.29) is 30.3 Å². The van der Waals surface area contributed by atoms with Crippen molar-refractivity contribution in [2.75, 3.05) is 49.0 Å². The lowest BCUT2D eigenvalue weighted by molar-refractivity contribution is -0.137. The van der Waals surface area contributed by atoms with Crippen LogP contribution in [0.4, 0.5) is 36.3 Å². The van der Waals surface area contributed by atoms with Crippen molar-refractivity contribution < 1.29 is 31.6 Å². The van der Waals surface area contributed by atoms with Crippen LogP contribution < -0.4 is 25.0 Å². The van der Waals surface area contributed by atoms with Crippen molar-refractivity contribution in [3.63, 3.8) is 0 Å². The molecule has 1 heterocycles. The normalized spacial score (nSPS) is 12.8. The average molecular weight is 609 g/mol. The highest BCUT2D eigenvalue weighted by Gasteiger charge is 2.35. The van der Waals surface area contributed by atoms with E-state index in [0.29, 0.717) is 35.2 Å². The first-order chi connectivity index (χ1) is 19.9. The highest BCUT2D eigenvalue weighted by atomic mass is 32.2. The highest BCUT2D eigenvalue weighted by Crippen LogP contribution is 2.35. The number of alkyl halides is 3. The van der Waals surface area contributed by atoms with Crippen molar-refractivity contribution >= 4 is 40.0 Å². The quantitative estimate of drug-likeness (QED) is 0.247. The van der Waals surface area contributed by atoms with E-state index >= 15 is 0 Å². The summed E-state index contributed by atoms with van der Waals surface area (Å²) in [5.74, 6) is -0.631. The Morgan fingerprint density at radius 2 is 1.90 bits per heavy atom. The molecule has 3 aromatic rings. The molecule has 0 radical (unpaired) electrons. The average Bonchev–Trinajstić information content (AvgIpc) is 2.96. The third kappa shape index (κ3) is 8.32. The van der Waals surface area contributed by atoms with Gasteiger partial charge in [-0.05, 0) is 48.7 Å². The number of aromatic nitrogens is 2. The number of ether oxygens (including phenoxy) is 2. The summed E-state index contributed by atoms with van der Waals surface area (Å²) in [6, 6.07) is 9.99. The Morgan fingerprint density at radius 3 is 2.52 bits per heavy atom. The molecule has 0 aliphatic rings. The number of amides is 1. The van der Waals surface area contributed by atoms with Crippen molar-refractivity contribution in [3.8, 4) is 5.75 Å². The molecule has 228 valence electrons. The van der Waals surface area contributed by atoms with Gasteiger partial charge in [0.2, 0.25) is 5.95 Å². The van der Waals surface area contributed by atoms with E-state index in [9.17, 15) is 22.2 Å². The van der Waals surface area contributed by atoms with Gasteiger partial charge in [0.15, 0.2) is 0 Å².